The largest absolute Gasteiger partial charge is 0.497 e. The molecule has 1 aromatic heterocycles. The van der Waals surface area contributed by atoms with Gasteiger partial charge in [-0.05, 0) is 56.6 Å². The van der Waals surface area contributed by atoms with E-state index in [0.717, 1.165) is 21.9 Å². The minimum Gasteiger partial charge on any atom is -0.411 e. The quantitative estimate of drug-likeness (QED) is 0.674. The number of fused-ring (bicyclic) bond motifs is 1. The Kier molecular flexibility index (Phi) is 5.33. The minimum atomic E-state index is -1.90. The molecule has 0 spiro atoms. The zero-order chi connectivity index (χ0) is 21.0. The van der Waals surface area contributed by atoms with Crippen molar-refractivity contribution in [3.8, 4) is 0 Å². The van der Waals surface area contributed by atoms with E-state index in [1.54, 1.807) is 0 Å². The molecule has 1 fully saturated rings. The predicted octanol–water partition coefficient (Wildman–Crippen LogP) is 5.06. The summed E-state index contributed by atoms with van der Waals surface area (Å²) in [5, 5.41) is 2.35. The summed E-state index contributed by atoms with van der Waals surface area (Å²) in [7, 11) is -2.35. The molecule has 1 aromatic carbocycles. The van der Waals surface area contributed by atoms with Crippen LogP contribution in [0, 0.1) is 0 Å². The highest BCUT2D eigenvalue weighted by Crippen LogP contribution is 2.38. The molecule has 0 saturated carbocycles. The van der Waals surface area contributed by atoms with Gasteiger partial charge in [-0.1, -0.05) is 45.0 Å². The van der Waals surface area contributed by atoms with E-state index in [2.05, 4.69) is 79.8 Å². The van der Waals surface area contributed by atoms with Crippen LogP contribution in [0.3, 0.4) is 0 Å². The molecular weight excluding hydrogens is 365 g/mol. The Morgan fingerprint density at radius 2 is 1.61 bits per heavy atom. The lowest BCUT2D eigenvalue weighted by Crippen LogP contribution is -2.43. The van der Waals surface area contributed by atoms with Crippen molar-refractivity contribution in [2.75, 3.05) is 0 Å². The van der Waals surface area contributed by atoms with Crippen LogP contribution in [0.1, 0.15) is 54.2 Å². The molecule has 6 heteroatoms. The van der Waals surface area contributed by atoms with Gasteiger partial charge in [-0.2, -0.15) is 0 Å². The maximum absolute atomic E-state index is 6.50. The van der Waals surface area contributed by atoms with Crippen LogP contribution in [0.5, 0.6) is 0 Å². The van der Waals surface area contributed by atoms with Crippen molar-refractivity contribution in [1.82, 2.24) is 4.98 Å². The second kappa shape index (κ2) is 6.94. The fourth-order valence-electron chi connectivity index (χ4n) is 3.03. The van der Waals surface area contributed by atoms with Gasteiger partial charge in [-0.25, -0.2) is 0 Å². The number of rotatable bonds is 4. The van der Waals surface area contributed by atoms with Crippen LogP contribution < -0.4 is 5.46 Å². The molecule has 28 heavy (non-hydrogen) atoms. The Balaban J connectivity index is 2.04. The van der Waals surface area contributed by atoms with Crippen molar-refractivity contribution in [2.45, 2.75) is 84.4 Å². The normalized spacial score (nSPS) is 19.4. The topological polar surface area (TPSA) is 40.6 Å². The van der Waals surface area contributed by atoms with Gasteiger partial charge < -0.3 is 13.7 Å². The monoisotopic (exact) mass is 399 g/mol. The lowest BCUT2D eigenvalue weighted by atomic mass is 9.75. The van der Waals surface area contributed by atoms with E-state index in [1.165, 1.54) is 0 Å². The SMILES string of the molecule is CC1(C)OB(c2c(CO[Si](C)(C)C(C)(C)C)ncc3ccccc23)OC1(C)C. The molecule has 0 N–H and O–H groups in total. The zero-order valence-electron chi connectivity index (χ0n) is 18.8. The molecule has 4 nitrogen and oxygen atoms in total. The summed E-state index contributed by atoms with van der Waals surface area (Å²) in [5.41, 5.74) is 1.11. The highest BCUT2D eigenvalue weighted by atomic mass is 28.4. The number of nitrogens with zero attached hydrogens (tertiary/aromatic N) is 1. The van der Waals surface area contributed by atoms with Crippen LogP contribution >= 0.6 is 0 Å². The first kappa shape index (κ1) is 21.5. The van der Waals surface area contributed by atoms with Crippen LogP contribution in [0.4, 0.5) is 0 Å². The van der Waals surface area contributed by atoms with Gasteiger partial charge in [0.05, 0.1) is 23.5 Å². The number of benzene rings is 1. The molecule has 1 saturated heterocycles. The first-order valence-corrected chi connectivity index (χ1v) is 13.0. The first-order valence-electron chi connectivity index (χ1n) is 10.1. The first-order chi connectivity index (χ1) is 12.8. The lowest BCUT2D eigenvalue weighted by Gasteiger charge is -2.36. The summed E-state index contributed by atoms with van der Waals surface area (Å²) in [6.07, 6.45) is 1.93. The standard InChI is InChI=1S/C22H34BNO3Si/c1-20(2,3)28(8,9)25-15-18-19(17-13-11-10-12-16(17)14-24-18)23-26-21(4,5)22(6,7)27-23/h10-14H,15H2,1-9H3. The number of aromatic nitrogens is 1. The van der Waals surface area contributed by atoms with E-state index in [4.69, 9.17) is 18.7 Å². The fraction of sp³-hybridized carbons (Fsp3) is 0.591. The molecule has 0 atom stereocenters. The Morgan fingerprint density at radius 3 is 2.18 bits per heavy atom. The van der Waals surface area contributed by atoms with Crippen molar-refractivity contribution in [3.05, 3.63) is 36.2 Å². The van der Waals surface area contributed by atoms with Crippen LogP contribution in [0.25, 0.3) is 10.8 Å². The van der Waals surface area contributed by atoms with E-state index >= 15 is 0 Å². The smallest absolute Gasteiger partial charge is 0.411 e. The number of hydrogen-bond acceptors (Lipinski definition) is 4. The summed E-state index contributed by atoms with van der Waals surface area (Å²) in [4.78, 5) is 4.77. The Hall–Kier alpha value is -1.21. The third kappa shape index (κ3) is 3.80. The highest BCUT2D eigenvalue weighted by molar-refractivity contribution is 6.74. The minimum absolute atomic E-state index is 0.147. The number of pyridine rings is 1. The maximum atomic E-state index is 6.50. The van der Waals surface area contributed by atoms with E-state index in [-0.39, 0.29) is 5.04 Å². The van der Waals surface area contributed by atoms with Gasteiger partial charge in [-0.15, -0.1) is 0 Å². The Labute approximate surface area is 171 Å². The Morgan fingerprint density at radius 1 is 1.04 bits per heavy atom. The lowest BCUT2D eigenvalue weighted by molar-refractivity contribution is 0.00578. The average molecular weight is 399 g/mol. The van der Waals surface area contributed by atoms with Gasteiger partial charge in [0.15, 0.2) is 8.32 Å². The fourth-order valence-corrected chi connectivity index (χ4v) is 3.96. The number of hydrogen-bond donors (Lipinski definition) is 0. The van der Waals surface area contributed by atoms with Crippen molar-refractivity contribution in [1.29, 1.82) is 0 Å². The predicted molar refractivity (Wildman–Crippen MR) is 119 cm³/mol. The molecule has 0 aliphatic carbocycles. The van der Waals surface area contributed by atoms with Crippen LogP contribution in [-0.4, -0.2) is 31.6 Å². The molecule has 152 valence electrons. The molecule has 2 heterocycles. The molecule has 0 amide bonds. The average Bonchev–Trinajstić information content (AvgIpc) is 2.78. The molecular formula is C22H34BNO3Si. The van der Waals surface area contributed by atoms with Crippen LogP contribution in [-0.2, 0) is 20.3 Å². The van der Waals surface area contributed by atoms with E-state index in [1.807, 2.05) is 12.3 Å². The molecule has 1 aliphatic rings. The van der Waals surface area contributed by atoms with E-state index in [9.17, 15) is 0 Å². The molecule has 0 unspecified atom stereocenters. The van der Waals surface area contributed by atoms with Gasteiger partial charge in [0, 0.05) is 11.7 Å². The van der Waals surface area contributed by atoms with E-state index in [0.29, 0.717) is 6.61 Å². The summed E-state index contributed by atoms with van der Waals surface area (Å²) in [6, 6.07) is 8.28. The van der Waals surface area contributed by atoms with E-state index < -0.39 is 26.6 Å². The molecule has 1 aliphatic heterocycles. The molecule has 0 bridgehead atoms. The van der Waals surface area contributed by atoms with Crippen LogP contribution in [0.2, 0.25) is 18.1 Å². The third-order valence-corrected chi connectivity index (χ3v) is 11.3. The summed E-state index contributed by atoms with van der Waals surface area (Å²) >= 11 is 0. The summed E-state index contributed by atoms with van der Waals surface area (Å²) < 4.78 is 19.3. The van der Waals surface area contributed by atoms with Gasteiger partial charge in [-0.3, -0.25) is 4.98 Å². The van der Waals surface area contributed by atoms with Crippen molar-refractivity contribution < 1.29 is 13.7 Å². The molecule has 0 radical (unpaired) electrons. The maximum Gasteiger partial charge on any atom is 0.497 e. The zero-order valence-corrected chi connectivity index (χ0v) is 19.8. The highest BCUT2D eigenvalue weighted by Gasteiger charge is 2.53. The third-order valence-electron chi connectivity index (χ3n) is 6.79. The second-order valence-electron chi connectivity index (χ2n) is 10.3. The van der Waals surface area contributed by atoms with Gasteiger partial charge >= 0.3 is 7.12 Å². The van der Waals surface area contributed by atoms with Crippen molar-refractivity contribution in [2.24, 2.45) is 0 Å². The Bertz CT molecular complexity index is 858. The van der Waals surface area contributed by atoms with Crippen molar-refractivity contribution >= 4 is 31.7 Å². The second-order valence-corrected chi connectivity index (χ2v) is 15.2. The van der Waals surface area contributed by atoms with Gasteiger partial charge in [0.25, 0.3) is 0 Å². The van der Waals surface area contributed by atoms with Crippen LogP contribution in [0.15, 0.2) is 30.5 Å². The van der Waals surface area contributed by atoms with Gasteiger partial charge in [0.1, 0.15) is 0 Å². The van der Waals surface area contributed by atoms with Crippen molar-refractivity contribution in [3.63, 3.8) is 0 Å². The van der Waals surface area contributed by atoms with Gasteiger partial charge in [0.2, 0.25) is 0 Å². The summed E-state index contributed by atoms with van der Waals surface area (Å²) in [6.45, 7) is 20.1. The molecule has 3 rings (SSSR count). The summed E-state index contributed by atoms with van der Waals surface area (Å²) in [5.74, 6) is 0. The molecule has 2 aromatic rings.